The largest absolute Gasteiger partial charge is 0.481 e. The van der Waals surface area contributed by atoms with Crippen molar-refractivity contribution >= 4 is 16.9 Å². The molecule has 0 spiro atoms. The van der Waals surface area contributed by atoms with Gasteiger partial charge in [0.05, 0.1) is 11.4 Å². The van der Waals surface area contributed by atoms with Crippen molar-refractivity contribution < 1.29 is 24.5 Å². The van der Waals surface area contributed by atoms with Gasteiger partial charge in [0, 0.05) is 36.4 Å². The molecule has 0 bridgehead atoms. The SMILES string of the molecule is CC(CO)CC(CO)C(C(=O)O)c1cccc2c(-c3ccc(F)cc3)cn(C(C)C)c12. The summed E-state index contributed by atoms with van der Waals surface area (Å²) in [6, 6.07) is 11.9. The molecule has 0 fully saturated rings. The molecule has 3 atom stereocenters. The molecule has 31 heavy (non-hydrogen) atoms. The Morgan fingerprint density at radius 2 is 1.71 bits per heavy atom. The summed E-state index contributed by atoms with van der Waals surface area (Å²) < 4.78 is 15.5. The predicted octanol–water partition coefficient (Wildman–Crippen LogP) is 4.82. The van der Waals surface area contributed by atoms with Crippen molar-refractivity contribution in [3.8, 4) is 11.1 Å². The fourth-order valence-corrected chi connectivity index (χ4v) is 4.35. The Bertz CT molecular complexity index is 1040. The van der Waals surface area contributed by atoms with Crippen molar-refractivity contribution in [2.75, 3.05) is 13.2 Å². The van der Waals surface area contributed by atoms with Crippen LogP contribution in [0.4, 0.5) is 4.39 Å². The molecule has 0 aliphatic rings. The van der Waals surface area contributed by atoms with Crippen molar-refractivity contribution in [1.82, 2.24) is 4.57 Å². The molecular formula is C25H30FNO4. The zero-order valence-electron chi connectivity index (χ0n) is 18.1. The van der Waals surface area contributed by atoms with Gasteiger partial charge in [-0.2, -0.15) is 0 Å². The second kappa shape index (κ2) is 9.62. The summed E-state index contributed by atoms with van der Waals surface area (Å²) in [5, 5.41) is 30.5. The van der Waals surface area contributed by atoms with Crippen LogP contribution >= 0.6 is 0 Å². The average Bonchev–Trinajstić information content (AvgIpc) is 3.14. The normalized spacial score (nSPS) is 14.7. The van der Waals surface area contributed by atoms with Crippen LogP contribution in [-0.4, -0.2) is 39.1 Å². The van der Waals surface area contributed by atoms with E-state index in [1.54, 1.807) is 18.2 Å². The number of carbonyl (C=O) groups is 1. The number of aliphatic carboxylic acids is 1. The first-order valence-corrected chi connectivity index (χ1v) is 10.6. The third kappa shape index (κ3) is 4.65. The quantitative estimate of drug-likeness (QED) is 0.457. The first kappa shape index (κ1) is 23.0. The minimum Gasteiger partial charge on any atom is -0.481 e. The van der Waals surface area contributed by atoms with Crippen LogP contribution in [0.5, 0.6) is 0 Å². The predicted molar refractivity (Wildman–Crippen MR) is 120 cm³/mol. The first-order chi connectivity index (χ1) is 14.8. The lowest BCUT2D eigenvalue weighted by Gasteiger charge is -2.26. The number of hydrogen-bond donors (Lipinski definition) is 3. The van der Waals surface area contributed by atoms with Crippen molar-refractivity contribution in [2.24, 2.45) is 11.8 Å². The van der Waals surface area contributed by atoms with E-state index in [1.165, 1.54) is 12.1 Å². The fourth-order valence-electron chi connectivity index (χ4n) is 4.35. The molecule has 3 unspecified atom stereocenters. The van der Waals surface area contributed by atoms with Gasteiger partial charge in [-0.3, -0.25) is 4.79 Å². The van der Waals surface area contributed by atoms with Crippen LogP contribution in [0.25, 0.3) is 22.0 Å². The standard InChI is InChI=1S/C25H30FNO4/c1-15(2)27-12-22(17-7-9-19(26)10-8-17)20-5-4-6-21(24(20)27)23(25(30)31)18(14-29)11-16(3)13-28/h4-10,12,15-16,18,23,28-29H,11,13-14H2,1-3H3,(H,30,31). The number of fused-ring (bicyclic) bond motifs is 1. The molecule has 3 aromatic rings. The lowest BCUT2D eigenvalue weighted by atomic mass is 9.80. The minimum absolute atomic E-state index is 0.0654. The Morgan fingerprint density at radius 3 is 2.26 bits per heavy atom. The third-order valence-corrected chi connectivity index (χ3v) is 5.92. The summed E-state index contributed by atoms with van der Waals surface area (Å²) in [4.78, 5) is 12.4. The molecule has 2 aromatic carbocycles. The van der Waals surface area contributed by atoms with Gasteiger partial charge in [-0.05, 0) is 55.4 Å². The number of aliphatic hydroxyl groups is 2. The number of halogens is 1. The molecule has 0 radical (unpaired) electrons. The minimum atomic E-state index is -1.00. The van der Waals surface area contributed by atoms with Crippen LogP contribution in [-0.2, 0) is 4.79 Å². The van der Waals surface area contributed by atoms with Gasteiger partial charge in [-0.1, -0.05) is 37.3 Å². The summed E-state index contributed by atoms with van der Waals surface area (Å²) in [7, 11) is 0. The van der Waals surface area contributed by atoms with Gasteiger partial charge >= 0.3 is 5.97 Å². The average molecular weight is 428 g/mol. The highest BCUT2D eigenvalue weighted by molar-refractivity contribution is 5.99. The number of benzene rings is 2. The van der Waals surface area contributed by atoms with Gasteiger partial charge in [0.15, 0.2) is 0 Å². The Hall–Kier alpha value is -2.70. The van der Waals surface area contributed by atoms with Crippen molar-refractivity contribution in [1.29, 1.82) is 0 Å². The van der Waals surface area contributed by atoms with E-state index in [1.807, 2.05) is 43.7 Å². The van der Waals surface area contributed by atoms with E-state index in [0.717, 1.165) is 22.0 Å². The number of para-hydroxylation sites is 1. The highest BCUT2D eigenvalue weighted by Gasteiger charge is 2.33. The lowest BCUT2D eigenvalue weighted by Crippen LogP contribution is -2.27. The molecule has 1 aromatic heterocycles. The maximum atomic E-state index is 13.5. The van der Waals surface area contributed by atoms with Crippen LogP contribution in [0, 0.1) is 17.7 Å². The van der Waals surface area contributed by atoms with Gasteiger partial charge in [0.2, 0.25) is 0 Å². The van der Waals surface area contributed by atoms with Gasteiger partial charge in [-0.25, -0.2) is 4.39 Å². The van der Waals surface area contributed by atoms with E-state index in [2.05, 4.69) is 0 Å². The van der Waals surface area contributed by atoms with E-state index < -0.39 is 17.8 Å². The van der Waals surface area contributed by atoms with Gasteiger partial charge in [-0.15, -0.1) is 0 Å². The summed E-state index contributed by atoms with van der Waals surface area (Å²) in [6.07, 6.45) is 2.38. The van der Waals surface area contributed by atoms with Crippen LogP contribution in [0.3, 0.4) is 0 Å². The van der Waals surface area contributed by atoms with E-state index >= 15 is 0 Å². The van der Waals surface area contributed by atoms with E-state index in [-0.39, 0.29) is 31.0 Å². The maximum absolute atomic E-state index is 13.5. The lowest BCUT2D eigenvalue weighted by molar-refractivity contribution is -0.140. The Kier molecular flexibility index (Phi) is 7.13. The molecule has 166 valence electrons. The molecule has 0 amide bonds. The smallest absolute Gasteiger partial charge is 0.311 e. The number of carboxylic acids is 1. The molecule has 1 heterocycles. The molecule has 6 heteroatoms. The van der Waals surface area contributed by atoms with Gasteiger partial charge < -0.3 is 19.9 Å². The Labute approximate surface area is 181 Å². The zero-order chi connectivity index (χ0) is 22.7. The summed E-state index contributed by atoms with van der Waals surface area (Å²) >= 11 is 0. The van der Waals surface area contributed by atoms with E-state index in [0.29, 0.717) is 12.0 Å². The number of aromatic nitrogens is 1. The second-order valence-corrected chi connectivity index (χ2v) is 8.58. The van der Waals surface area contributed by atoms with Crippen molar-refractivity contribution in [2.45, 2.75) is 39.2 Å². The molecule has 0 aliphatic carbocycles. The number of aliphatic hydroxyl groups excluding tert-OH is 2. The zero-order valence-corrected chi connectivity index (χ0v) is 18.1. The maximum Gasteiger partial charge on any atom is 0.311 e. The second-order valence-electron chi connectivity index (χ2n) is 8.58. The van der Waals surface area contributed by atoms with Crippen LogP contribution < -0.4 is 0 Å². The molecular weight excluding hydrogens is 397 g/mol. The number of nitrogens with zero attached hydrogens (tertiary/aromatic N) is 1. The summed E-state index contributed by atoms with van der Waals surface area (Å²) in [6.45, 7) is 5.54. The molecule has 3 N–H and O–H groups in total. The Balaban J connectivity index is 2.24. The molecule has 5 nitrogen and oxygen atoms in total. The molecule has 0 saturated carbocycles. The van der Waals surface area contributed by atoms with Crippen LogP contribution in [0.15, 0.2) is 48.7 Å². The van der Waals surface area contributed by atoms with Crippen molar-refractivity contribution in [3.05, 3.63) is 60.0 Å². The summed E-state index contributed by atoms with van der Waals surface area (Å²) in [5.41, 5.74) is 3.19. The Morgan fingerprint density at radius 1 is 1.03 bits per heavy atom. The van der Waals surface area contributed by atoms with E-state index in [4.69, 9.17) is 0 Å². The van der Waals surface area contributed by atoms with Crippen LogP contribution in [0.1, 0.15) is 44.7 Å². The number of carboxylic acid groups (broad SMARTS) is 1. The molecule has 0 saturated heterocycles. The monoisotopic (exact) mass is 427 g/mol. The van der Waals surface area contributed by atoms with Gasteiger partial charge in [0.1, 0.15) is 5.82 Å². The first-order valence-electron chi connectivity index (χ1n) is 10.6. The van der Waals surface area contributed by atoms with Crippen molar-refractivity contribution in [3.63, 3.8) is 0 Å². The summed E-state index contributed by atoms with van der Waals surface area (Å²) in [5.74, 6) is -2.89. The fraction of sp³-hybridized carbons (Fsp3) is 0.400. The third-order valence-electron chi connectivity index (χ3n) is 5.92. The topological polar surface area (TPSA) is 82.7 Å². The van der Waals surface area contributed by atoms with E-state index in [9.17, 15) is 24.5 Å². The highest BCUT2D eigenvalue weighted by atomic mass is 19.1. The molecule has 3 rings (SSSR count). The van der Waals surface area contributed by atoms with Crippen LogP contribution in [0.2, 0.25) is 0 Å². The molecule has 0 aliphatic heterocycles. The highest BCUT2D eigenvalue weighted by Crippen LogP contribution is 2.40. The number of rotatable bonds is 9. The van der Waals surface area contributed by atoms with Gasteiger partial charge in [0.25, 0.3) is 0 Å². The number of hydrogen-bond acceptors (Lipinski definition) is 3.